The first kappa shape index (κ1) is 26.0. The van der Waals surface area contributed by atoms with Crippen LogP contribution in [0, 0.1) is 11.8 Å². The standard InChI is InChI=1S/C27H55N/c1-3-5-7-9-11-12-13-14-15-17-19-21-23-28-25-27-24-26(27)22-20-18-16-10-8-6-4-2/h26-28H,3-25H2,1-2H3. The number of rotatable bonds is 23. The van der Waals surface area contributed by atoms with E-state index in [-0.39, 0.29) is 0 Å². The Bertz CT molecular complexity index is 301. The van der Waals surface area contributed by atoms with Crippen molar-refractivity contribution >= 4 is 0 Å². The van der Waals surface area contributed by atoms with Gasteiger partial charge in [0.1, 0.15) is 0 Å². The Kier molecular flexibility index (Phi) is 18.8. The van der Waals surface area contributed by atoms with Crippen molar-refractivity contribution in [3.8, 4) is 0 Å². The maximum absolute atomic E-state index is 3.74. The summed E-state index contributed by atoms with van der Waals surface area (Å²) in [5.41, 5.74) is 0. The molecule has 1 saturated carbocycles. The molecular formula is C27H55N. The highest BCUT2D eigenvalue weighted by atomic mass is 14.9. The van der Waals surface area contributed by atoms with Gasteiger partial charge in [-0.05, 0) is 37.8 Å². The van der Waals surface area contributed by atoms with Crippen LogP contribution in [0.3, 0.4) is 0 Å². The van der Waals surface area contributed by atoms with Crippen molar-refractivity contribution in [3.05, 3.63) is 0 Å². The summed E-state index contributed by atoms with van der Waals surface area (Å²) in [6.07, 6.45) is 30.7. The summed E-state index contributed by atoms with van der Waals surface area (Å²) in [6.45, 7) is 7.17. The maximum Gasteiger partial charge on any atom is -0.00178 e. The second-order valence-corrected chi connectivity index (χ2v) is 9.76. The van der Waals surface area contributed by atoms with Gasteiger partial charge in [0.2, 0.25) is 0 Å². The van der Waals surface area contributed by atoms with E-state index in [1.165, 1.54) is 148 Å². The van der Waals surface area contributed by atoms with Crippen molar-refractivity contribution in [2.45, 2.75) is 149 Å². The molecule has 0 amide bonds. The van der Waals surface area contributed by atoms with E-state index in [1.807, 2.05) is 0 Å². The van der Waals surface area contributed by atoms with Crippen LogP contribution in [0.4, 0.5) is 0 Å². The molecule has 1 aliphatic carbocycles. The van der Waals surface area contributed by atoms with Crippen molar-refractivity contribution in [2.75, 3.05) is 13.1 Å². The molecule has 0 spiro atoms. The SMILES string of the molecule is CCCCCCCCCCCCCCNCC1CC1CCCCCCCCC. The second-order valence-electron chi connectivity index (χ2n) is 9.76. The lowest BCUT2D eigenvalue weighted by molar-refractivity contribution is 0.513. The van der Waals surface area contributed by atoms with Gasteiger partial charge < -0.3 is 5.32 Å². The van der Waals surface area contributed by atoms with Crippen LogP contribution in [0.15, 0.2) is 0 Å². The fraction of sp³-hybridized carbons (Fsp3) is 1.00. The quantitative estimate of drug-likeness (QED) is 0.171. The lowest BCUT2D eigenvalue weighted by Crippen LogP contribution is -2.18. The summed E-state index contributed by atoms with van der Waals surface area (Å²) in [5.74, 6) is 2.10. The zero-order valence-corrected chi connectivity index (χ0v) is 19.9. The summed E-state index contributed by atoms with van der Waals surface area (Å²) in [5, 5.41) is 3.74. The molecule has 168 valence electrons. The lowest BCUT2D eigenvalue weighted by atomic mass is 10.1. The van der Waals surface area contributed by atoms with Crippen LogP contribution in [0.25, 0.3) is 0 Å². The van der Waals surface area contributed by atoms with Gasteiger partial charge in [0.05, 0.1) is 0 Å². The minimum atomic E-state index is 1.03. The van der Waals surface area contributed by atoms with E-state index >= 15 is 0 Å². The Morgan fingerprint density at radius 2 is 0.929 bits per heavy atom. The number of hydrogen-bond donors (Lipinski definition) is 1. The van der Waals surface area contributed by atoms with Crippen LogP contribution >= 0.6 is 0 Å². The molecule has 0 aromatic rings. The molecule has 0 saturated heterocycles. The smallest absolute Gasteiger partial charge is 0.00178 e. The Balaban J connectivity index is 1.69. The summed E-state index contributed by atoms with van der Waals surface area (Å²) in [6, 6.07) is 0. The predicted octanol–water partition coefficient (Wildman–Crippen LogP) is 9.05. The number of hydrogen-bond acceptors (Lipinski definition) is 1. The third kappa shape index (κ3) is 16.9. The summed E-state index contributed by atoms with van der Waals surface area (Å²) >= 11 is 0. The molecule has 0 bridgehead atoms. The first-order chi connectivity index (χ1) is 13.9. The Morgan fingerprint density at radius 1 is 0.500 bits per heavy atom. The van der Waals surface area contributed by atoms with E-state index in [1.54, 1.807) is 0 Å². The van der Waals surface area contributed by atoms with Crippen LogP contribution in [0.1, 0.15) is 149 Å². The van der Waals surface area contributed by atoms with Crippen molar-refractivity contribution in [2.24, 2.45) is 11.8 Å². The molecule has 1 rings (SSSR count). The predicted molar refractivity (Wildman–Crippen MR) is 128 cm³/mol. The highest BCUT2D eigenvalue weighted by Crippen LogP contribution is 2.41. The van der Waals surface area contributed by atoms with Gasteiger partial charge in [-0.2, -0.15) is 0 Å². The molecular weight excluding hydrogens is 338 g/mol. The zero-order valence-electron chi connectivity index (χ0n) is 19.9. The molecule has 0 aliphatic heterocycles. The maximum atomic E-state index is 3.74. The summed E-state index contributed by atoms with van der Waals surface area (Å²) in [4.78, 5) is 0. The largest absolute Gasteiger partial charge is 0.316 e. The minimum Gasteiger partial charge on any atom is -0.316 e. The number of unbranched alkanes of at least 4 members (excludes halogenated alkanes) is 17. The van der Waals surface area contributed by atoms with E-state index in [0.717, 1.165) is 11.8 Å². The Labute approximate surface area is 179 Å². The Morgan fingerprint density at radius 3 is 1.43 bits per heavy atom. The molecule has 0 aromatic carbocycles. The van der Waals surface area contributed by atoms with Crippen LogP contribution in [0.2, 0.25) is 0 Å². The summed E-state index contributed by atoms with van der Waals surface area (Å²) in [7, 11) is 0. The van der Waals surface area contributed by atoms with Gasteiger partial charge in [-0.25, -0.2) is 0 Å². The van der Waals surface area contributed by atoms with Crippen molar-refractivity contribution in [1.29, 1.82) is 0 Å². The molecule has 1 heteroatoms. The molecule has 28 heavy (non-hydrogen) atoms. The molecule has 1 nitrogen and oxygen atoms in total. The highest BCUT2D eigenvalue weighted by molar-refractivity contribution is 4.87. The number of nitrogens with one attached hydrogen (secondary N) is 1. The van der Waals surface area contributed by atoms with Gasteiger partial charge in [-0.1, -0.05) is 136 Å². The first-order valence-corrected chi connectivity index (χ1v) is 13.6. The van der Waals surface area contributed by atoms with E-state index in [4.69, 9.17) is 0 Å². The van der Waals surface area contributed by atoms with Crippen LogP contribution < -0.4 is 5.32 Å². The average Bonchev–Trinajstić information content (AvgIpc) is 3.45. The van der Waals surface area contributed by atoms with E-state index in [0.29, 0.717) is 0 Å². The monoisotopic (exact) mass is 393 g/mol. The molecule has 0 aromatic heterocycles. The normalized spacial score (nSPS) is 18.6. The zero-order chi connectivity index (χ0) is 20.1. The highest BCUT2D eigenvalue weighted by Gasteiger charge is 2.35. The third-order valence-electron chi connectivity index (χ3n) is 6.86. The van der Waals surface area contributed by atoms with E-state index in [9.17, 15) is 0 Å². The van der Waals surface area contributed by atoms with Gasteiger partial charge in [0, 0.05) is 0 Å². The molecule has 1 N–H and O–H groups in total. The van der Waals surface area contributed by atoms with Crippen LogP contribution in [0.5, 0.6) is 0 Å². The van der Waals surface area contributed by atoms with Gasteiger partial charge in [-0.3, -0.25) is 0 Å². The lowest BCUT2D eigenvalue weighted by Gasteiger charge is -2.05. The second kappa shape index (κ2) is 20.2. The van der Waals surface area contributed by atoms with Gasteiger partial charge in [-0.15, -0.1) is 0 Å². The van der Waals surface area contributed by atoms with Crippen molar-refractivity contribution < 1.29 is 0 Å². The third-order valence-corrected chi connectivity index (χ3v) is 6.86. The summed E-state index contributed by atoms with van der Waals surface area (Å²) < 4.78 is 0. The molecule has 1 fully saturated rings. The van der Waals surface area contributed by atoms with E-state index < -0.39 is 0 Å². The van der Waals surface area contributed by atoms with Gasteiger partial charge >= 0.3 is 0 Å². The fourth-order valence-corrected chi connectivity index (χ4v) is 4.66. The van der Waals surface area contributed by atoms with E-state index in [2.05, 4.69) is 19.2 Å². The Hall–Kier alpha value is -0.0400. The van der Waals surface area contributed by atoms with Crippen molar-refractivity contribution in [3.63, 3.8) is 0 Å². The molecule has 1 aliphatic rings. The minimum absolute atomic E-state index is 1.03. The van der Waals surface area contributed by atoms with Gasteiger partial charge in [0.15, 0.2) is 0 Å². The average molecular weight is 394 g/mol. The first-order valence-electron chi connectivity index (χ1n) is 13.6. The van der Waals surface area contributed by atoms with Crippen LogP contribution in [-0.4, -0.2) is 13.1 Å². The molecule has 0 radical (unpaired) electrons. The molecule has 2 unspecified atom stereocenters. The fourth-order valence-electron chi connectivity index (χ4n) is 4.66. The topological polar surface area (TPSA) is 12.0 Å². The van der Waals surface area contributed by atoms with Gasteiger partial charge in [0.25, 0.3) is 0 Å². The molecule has 0 heterocycles. The van der Waals surface area contributed by atoms with Crippen molar-refractivity contribution in [1.82, 2.24) is 5.32 Å². The van der Waals surface area contributed by atoms with Crippen LogP contribution in [-0.2, 0) is 0 Å². The molecule has 2 atom stereocenters.